The van der Waals surface area contributed by atoms with Gasteiger partial charge in [0.05, 0.1) is 5.92 Å². The van der Waals surface area contributed by atoms with Crippen molar-refractivity contribution in [1.82, 2.24) is 20.2 Å². The molecule has 0 bridgehead atoms. The van der Waals surface area contributed by atoms with Crippen LogP contribution in [0.4, 0.5) is 5.95 Å². The molecule has 0 radical (unpaired) electrons. The Hall–Kier alpha value is -1.73. The van der Waals surface area contributed by atoms with Crippen LogP contribution in [0.1, 0.15) is 25.8 Å². The highest BCUT2D eigenvalue weighted by Crippen LogP contribution is 2.12. The number of aromatic nitrogens is 2. The normalized spacial score (nSPS) is 17.2. The molecule has 0 spiro atoms. The van der Waals surface area contributed by atoms with Crippen molar-refractivity contribution < 1.29 is 9.90 Å². The average Bonchev–Trinajstić information content (AvgIpc) is 2.55. The number of carboxylic acid groups (broad SMARTS) is 1. The molecule has 1 saturated heterocycles. The second kappa shape index (κ2) is 8.94. The van der Waals surface area contributed by atoms with Gasteiger partial charge in [0.1, 0.15) is 0 Å². The highest BCUT2D eigenvalue weighted by molar-refractivity contribution is 5.70. The fourth-order valence-electron chi connectivity index (χ4n) is 2.84. The molecule has 0 aliphatic carbocycles. The summed E-state index contributed by atoms with van der Waals surface area (Å²) in [5.74, 6) is 0.0579. The minimum Gasteiger partial charge on any atom is -0.481 e. The minimum atomic E-state index is -0.738. The number of nitrogens with one attached hydrogen (secondary N) is 1. The molecule has 2 heterocycles. The first-order valence-electron chi connectivity index (χ1n) is 8.63. The van der Waals surface area contributed by atoms with Crippen LogP contribution in [-0.2, 0) is 11.3 Å². The van der Waals surface area contributed by atoms with Crippen LogP contribution in [0.3, 0.4) is 0 Å². The maximum absolute atomic E-state index is 11.2. The van der Waals surface area contributed by atoms with Gasteiger partial charge in [-0.2, -0.15) is 0 Å². The van der Waals surface area contributed by atoms with E-state index < -0.39 is 5.97 Å². The molecule has 1 aliphatic rings. The van der Waals surface area contributed by atoms with Crippen LogP contribution < -0.4 is 10.2 Å². The third kappa shape index (κ3) is 5.72. The molecule has 134 valence electrons. The number of anilines is 1. The van der Waals surface area contributed by atoms with Gasteiger partial charge in [-0.15, -0.1) is 0 Å². The molecular formula is C17H29N5O2. The highest BCUT2D eigenvalue weighted by Gasteiger charge is 2.19. The van der Waals surface area contributed by atoms with Crippen molar-refractivity contribution >= 4 is 11.9 Å². The summed E-state index contributed by atoms with van der Waals surface area (Å²) in [6.45, 7) is 9.09. The predicted molar refractivity (Wildman–Crippen MR) is 94.0 cm³/mol. The predicted octanol–water partition coefficient (Wildman–Crippen LogP) is 1.06. The summed E-state index contributed by atoms with van der Waals surface area (Å²) in [4.78, 5) is 24.6. The van der Waals surface area contributed by atoms with Crippen molar-refractivity contribution in [1.29, 1.82) is 0 Å². The number of likely N-dealkylation sites (N-methyl/N-ethyl adjacent to an activating group) is 1. The van der Waals surface area contributed by atoms with Crippen LogP contribution >= 0.6 is 0 Å². The summed E-state index contributed by atoms with van der Waals surface area (Å²) in [5.41, 5.74) is 0.974. The van der Waals surface area contributed by atoms with E-state index >= 15 is 0 Å². The van der Waals surface area contributed by atoms with Gasteiger partial charge in [0, 0.05) is 57.2 Å². The van der Waals surface area contributed by atoms with Gasteiger partial charge in [-0.25, -0.2) is 9.97 Å². The topological polar surface area (TPSA) is 81.6 Å². The van der Waals surface area contributed by atoms with Gasteiger partial charge >= 0.3 is 5.97 Å². The van der Waals surface area contributed by atoms with E-state index in [9.17, 15) is 9.90 Å². The lowest BCUT2D eigenvalue weighted by atomic mass is 9.97. The summed E-state index contributed by atoms with van der Waals surface area (Å²) < 4.78 is 0. The SMILES string of the molecule is CC(C)CC(CNCc1cnc(N2CCN(C)CC2)nc1)C(=O)O. The van der Waals surface area contributed by atoms with Crippen molar-refractivity contribution in [2.45, 2.75) is 26.8 Å². The molecule has 7 heteroatoms. The number of nitrogens with zero attached hydrogens (tertiary/aromatic N) is 4. The van der Waals surface area contributed by atoms with Gasteiger partial charge in [-0.1, -0.05) is 13.8 Å². The van der Waals surface area contributed by atoms with E-state index in [2.05, 4.69) is 32.1 Å². The summed E-state index contributed by atoms with van der Waals surface area (Å²) in [6.07, 6.45) is 4.33. The van der Waals surface area contributed by atoms with Crippen molar-refractivity contribution in [2.24, 2.45) is 11.8 Å². The molecule has 0 amide bonds. The van der Waals surface area contributed by atoms with Crippen LogP contribution in [0.25, 0.3) is 0 Å². The van der Waals surface area contributed by atoms with Crippen molar-refractivity contribution in [3.05, 3.63) is 18.0 Å². The van der Waals surface area contributed by atoms with E-state index in [1.54, 1.807) is 0 Å². The summed E-state index contributed by atoms with van der Waals surface area (Å²) >= 11 is 0. The van der Waals surface area contributed by atoms with Gasteiger partial charge in [0.15, 0.2) is 0 Å². The van der Waals surface area contributed by atoms with Crippen LogP contribution in [0.5, 0.6) is 0 Å². The van der Waals surface area contributed by atoms with Gasteiger partial charge in [0.25, 0.3) is 0 Å². The van der Waals surface area contributed by atoms with Crippen molar-refractivity contribution in [3.8, 4) is 0 Å². The van der Waals surface area contributed by atoms with E-state index in [0.29, 0.717) is 25.4 Å². The van der Waals surface area contributed by atoms with Crippen LogP contribution in [0, 0.1) is 11.8 Å². The number of rotatable bonds is 8. The molecule has 1 aromatic heterocycles. The number of carbonyl (C=O) groups is 1. The standard InChI is InChI=1S/C17H29N5O2/c1-13(2)8-15(16(23)24)12-18-9-14-10-19-17(20-11-14)22-6-4-21(3)5-7-22/h10-11,13,15,18H,4-9,12H2,1-3H3,(H,23,24). The van der Waals surface area contributed by atoms with Crippen LogP contribution in [0.15, 0.2) is 12.4 Å². The zero-order chi connectivity index (χ0) is 17.5. The molecular weight excluding hydrogens is 306 g/mol. The van der Waals surface area contributed by atoms with Gasteiger partial charge in [-0.3, -0.25) is 4.79 Å². The monoisotopic (exact) mass is 335 g/mol. The van der Waals surface area contributed by atoms with Gasteiger partial charge in [-0.05, 0) is 19.4 Å². The number of aliphatic carboxylic acids is 1. The largest absolute Gasteiger partial charge is 0.481 e. The Balaban J connectivity index is 1.80. The highest BCUT2D eigenvalue weighted by atomic mass is 16.4. The number of piperazine rings is 1. The summed E-state index contributed by atoms with van der Waals surface area (Å²) in [7, 11) is 2.12. The number of carboxylic acids is 1. The van der Waals surface area contributed by atoms with Crippen LogP contribution in [0.2, 0.25) is 0 Å². The second-order valence-corrected chi connectivity index (χ2v) is 6.98. The smallest absolute Gasteiger partial charge is 0.307 e. The van der Waals surface area contributed by atoms with Gasteiger partial charge < -0.3 is 20.2 Å². The van der Waals surface area contributed by atoms with E-state index in [-0.39, 0.29) is 5.92 Å². The first-order chi connectivity index (χ1) is 11.5. The maximum atomic E-state index is 11.2. The Morgan fingerprint density at radius 1 is 1.25 bits per heavy atom. The van der Waals surface area contributed by atoms with E-state index in [4.69, 9.17) is 0 Å². The lowest BCUT2D eigenvalue weighted by molar-refractivity contribution is -0.142. The molecule has 0 saturated carbocycles. The summed E-state index contributed by atoms with van der Waals surface area (Å²) in [5, 5.41) is 12.5. The van der Waals surface area contributed by atoms with E-state index in [1.807, 2.05) is 26.2 Å². The zero-order valence-corrected chi connectivity index (χ0v) is 14.9. The van der Waals surface area contributed by atoms with Crippen molar-refractivity contribution in [2.75, 3.05) is 44.7 Å². The third-order valence-corrected chi connectivity index (χ3v) is 4.30. The average molecular weight is 335 g/mol. The molecule has 1 fully saturated rings. The molecule has 1 aliphatic heterocycles. The first kappa shape index (κ1) is 18.6. The lowest BCUT2D eigenvalue weighted by Gasteiger charge is -2.32. The lowest BCUT2D eigenvalue weighted by Crippen LogP contribution is -2.45. The quantitative estimate of drug-likeness (QED) is 0.735. The Kier molecular flexibility index (Phi) is 6.93. The van der Waals surface area contributed by atoms with Gasteiger partial charge in [0.2, 0.25) is 5.95 Å². The third-order valence-electron chi connectivity index (χ3n) is 4.30. The molecule has 2 N–H and O–H groups in total. The Morgan fingerprint density at radius 2 is 1.88 bits per heavy atom. The second-order valence-electron chi connectivity index (χ2n) is 6.98. The van der Waals surface area contributed by atoms with E-state index in [0.717, 1.165) is 37.7 Å². The molecule has 0 aromatic carbocycles. The van der Waals surface area contributed by atoms with Crippen LogP contribution in [-0.4, -0.2) is 65.7 Å². The van der Waals surface area contributed by atoms with Crippen molar-refractivity contribution in [3.63, 3.8) is 0 Å². The first-order valence-corrected chi connectivity index (χ1v) is 8.63. The number of hydrogen-bond acceptors (Lipinski definition) is 6. The molecule has 7 nitrogen and oxygen atoms in total. The Labute approximate surface area is 144 Å². The van der Waals surface area contributed by atoms with E-state index in [1.165, 1.54) is 0 Å². The molecule has 24 heavy (non-hydrogen) atoms. The molecule has 1 aromatic rings. The maximum Gasteiger partial charge on any atom is 0.307 e. The zero-order valence-electron chi connectivity index (χ0n) is 14.9. The Bertz CT molecular complexity index is 512. The molecule has 1 atom stereocenters. The Morgan fingerprint density at radius 3 is 2.42 bits per heavy atom. The molecule has 2 rings (SSSR count). The summed E-state index contributed by atoms with van der Waals surface area (Å²) in [6, 6.07) is 0. The minimum absolute atomic E-state index is 0.351. The fraction of sp³-hybridized carbons (Fsp3) is 0.706. The number of hydrogen-bond donors (Lipinski definition) is 2. The molecule has 1 unspecified atom stereocenters. The fourth-order valence-corrected chi connectivity index (χ4v) is 2.84.